The van der Waals surface area contributed by atoms with Crippen molar-refractivity contribution in [3.63, 3.8) is 0 Å². The molecule has 0 radical (unpaired) electrons. The van der Waals surface area contributed by atoms with Crippen molar-refractivity contribution in [3.05, 3.63) is 87.8 Å². The summed E-state index contributed by atoms with van der Waals surface area (Å²) in [5.74, 6) is -1.15. The van der Waals surface area contributed by atoms with E-state index >= 15 is 0 Å². The van der Waals surface area contributed by atoms with Crippen molar-refractivity contribution in [1.29, 1.82) is 0 Å². The van der Waals surface area contributed by atoms with E-state index in [0.29, 0.717) is 11.3 Å². The van der Waals surface area contributed by atoms with Gasteiger partial charge < -0.3 is 15.0 Å². The second-order valence-corrected chi connectivity index (χ2v) is 7.17. The Bertz CT molecular complexity index is 1260. The van der Waals surface area contributed by atoms with Crippen LogP contribution in [0.4, 0.5) is 5.69 Å². The molecule has 0 saturated carbocycles. The number of nitrogens with zero attached hydrogens (tertiary/aromatic N) is 2. The number of rotatable bonds is 5. The lowest BCUT2D eigenvalue weighted by molar-refractivity contribution is 0.0600. The number of nitrogens with one attached hydrogen (secondary N) is 2. The van der Waals surface area contributed by atoms with Crippen LogP contribution in [0, 0.1) is 0 Å². The van der Waals surface area contributed by atoms with Crippen LogP contribution in [0.5, 0.6) is 0 Å². The number of thiophene rings is 1. The summed E-state index contributed by atoms with van der Waals surface area (Å²) in [7, 11) is 1.23. The summed E-state index contributed by atoms with van der Waals surface area (Å²) in [6.45, 7) is 0. The smallest absolute Gasteiger partial charge is 0.339 e. The Balaban J connectivity index is 1.73. The molecule has 4 rings (SSSR count). The number of aromatic nitrogens is 3. The molecule has 30 heavy (non-hydrogen) atoms. The zero-order chi connectivity index (χ0) is 21.1. The first-order valence-electron chi connectivity index (χ1n) is 8.88. The van der Waals surface area contributed by atoms with Gasteiger partial charge in [0.1, 0.15) is 11.4 Å². The first-order chi connectivity index (χ1) is 14.6. The van der Waals surface area contributed by atoms with Gasteiger partial charge in [-0.05, 0) is 29.6 Å². The Morgan fingerprint density at radius 1 is 1.17 bits per heavy atom. The number of H-pyrrole nitrogens is 1. The van der Waals surface area contributed by atoms with E-state index in [1.165, 1.54) is 30.7 Å². The standard InChI is InChI=1S/C21H16N4O4S/c1-29-21(28)13-10-16(20(27)22-11-13)23-19(26)15-12-25(14-6-3-2-4-7-14)24-18(15)17-8-5-9-30-17/h2-12H,1H3,(H,22,27)(H,23,26). The maximum absolute atomic E-state index is 13.0. The monoisotopic (exact) mass is 420 g/mol. The largest absolute Gasteiger partial charge is 0.465 e. The van der Waals surface area contributed by atoms with Crippen molar-refractivity contribution in [2.24, 2.45) is 0 Å². The van der Waals surface area contributed by atoms with E-state index < -0.39 is 17.4 Å². The van der Waals surface area contributed by atoms with Gasteiger partial charge in [-0.2, -0.15) is 5.10 Å². The maximum Gasteiger partial charge on any atom is 0.339 e. The highest BCUT2D eigenvalue weighted by Crippen LogP contribution is 2.28. The van der Waals surface area contributed by atoms with Crippen LogP contribution in [0.3, 0.4) is 0 Å². The zero-order valence-electron chi connectivity index (χ0n) is 15.8. The number of esters is 1. The van der Waals surface area contributed by atoms with Gasteiger partial charge >= 0.3 is 5.97 Å². The molecule has 4 aromatic rings. The summed E-state index contributed by atoms with van der Waals surface area (Å²) in [5, 5.41) is 9.04. The number of hydrogen-bond donors (Lipinski definition) is 2. The molecule has 0 aliphatic rings. The third-order valence-corrected chi connectivity index (χ3v) is 5.18. The number of ether oxygens (including phenoxy) is 1. The minimum Gasteiger partial charge on any atom is -0.465 e. The topological polar surface area (TPSA) is 106 Å². The Labute approximate surface area is 174 Å². The zero-order valence-corrected chi connectivity index (χ0v) is 16.6. The molecule has 150 valence electrons. The molecule has 3 aromatic heterocycles. The average Bonchev–Trinajstić information content (AvgIpc) is 3.45. The van der Waals surface area contributed by atoms with Crippen molar-refractivity contribution < 1.29 is 14.3 Å². The summed E-state index contributed by atoms with van der Waals surface area (Å²) in [6, 6.07) is 14.4. The van der Waals surface area contributed by atoms with Crippen molar-refractivity contribution in [3.8, 4) is 16.3 Å². The number of hydrogen-bond acceptors (Lipinski definition) is 6. The minimum absolute atomic E-state index is 0.0625. The summed E-state index contributed by atoms with van der Waals surface area (Å²) >= 11 is 1.45. The third kappa shape index (κ3) is 3.78. The van der Waals surface area contributed by atoms with Gasteiger partial charge in [-0.1, -0.05) is 24.3 Å². The first kappa shape index (κ1) is 19.3. The van der Waals surface area contributed by atoms with E-state index in [4.69, 9.17) is 0 Å². The highest BCUT2D eigenvalue weighted by Gasteiger charge is 2.21. The molecule has 0 aliphatic heterocycles. The Kier molecular flexibility index (Phi) is 5.27. The molecule has 1 aromatic carbocycles. The van der Waals surface area contributed by atoms with Crippen LogP contribution >= 0.6 is 11.3 Å². The Morgan fingerprint density at radius 2 is 1.97 bits per heavy atom. The Morgan fingerprint density at radius 3 is 2.67 bits per heavy atom. The van der Waals surface area contributed by atoms with Crippen LogP contribution in [0.25, 0.3) is 16.3 Å². The van der Waals surface area contributed by atoms with Crippen LogP contribution < -0.4 is 10.9 Å². The first-order valence-corrected chi connectivity index (χ1v) is 9.76. The van der Waals surface area contributed by atoms with E-state index in [1.807, 2.05) is 47.8 Å². The fourth-order valence-corrected chi connectivity index (χ4v) is 3.57. The number of carbonyl (C=O) groups excluding carboxylic acids is 2. The third-order valence-electron chi connectivity index (χ3n) is 4.31. The highest BCUT2D eigenvalue weighted by molar-refractivity contribution is 7.13. The van der Waals surface area contributed by atoms with Crippen LogP contribution in [-0.2, 0) is 4.74 Å². The van der Waals surface area contributed by atoms with E-state index in [-0.39, 0.29) is 11.3 Å². The van der Waals surface area contributed by atoms with Crippen LogP contribution in [0.15, 0.2) is 71.1 Å². The molecule has 0 spiro atoms. The van der Waals surface area contributed by atoms with E-state index in [2.05, 4.69) is 20.1 Å². The van der Waals surface area contributed by atoms with Crippen molar-refractivity contribution >= 4 is 28.9 Å². The summed E-state index contributed by atoms with van der Waals surface area (Å²) in [4.78, 5) is 40.2. The molecule has 0 bridgehead atoms. The summed E-state index contributed by atoms with van der Waals surface area (Å²) in [5.41, 5.74) is 1.10. The van der Waals surface area contributed by atoms with Crippen LogP contribution in [-0.4, -0.2) is 33.8 Å². The van der Waals surface area contributed by atoms with Gasteiger partial charge in [0, 0.05) is 12.4 Å². The van der Waals surface area contributed by atoms with Gasteiger partial charge in [0.2, 0.25) is 0 Å². The maximum atomic E-state index is 13.0. The van der Waals surface area contributed by atoms with Gasteiger partial charge in [-0.15, -0.1) is 11.3 Å². The van der Waals surface area contributed by atoms with Gasteiger partial charge in [0.25, 0.3) is 11.5 Å². The molecule has 0 fully saturated rings. The van der Waals surface area contributed by atoms with Gasteiger partial charge in [-0.3, -0.25) is 9.59 Å². The number of carbonyl (C=O) groups is 2. The summed E-state index contributed by atoms with van der Waals surface area (Å²) in [6.07, 6.45) is 2.84. The van der Waals surface area contributed by atoms with E-state index in [9.17, 15) is 14.4 Å². The second-order valence-electron chi connectivity index (χ2n) is 6.23. The molecule has 2 N–H and O–H groups in total. The average molecular weight is 420 g/mol. The number of aromatic amines is 1. The van der Waals surface area contributed by atoms with Crippen molar-refractivity contribution in [2.45, 2.75) is 0 Å². The lowest BCUT2D eigenvalue weighted by Gasteiger charge is -2.06. The van der Waals surface area contributed by atoms with E-state index in [1.54, 1.807) is 10.9 Å². The van der Waals surface area contributed by atoms with Gasteiger partial charge in [0.05, 0.1) is 28.8 Å². The number of pyridine rings is 1. The van der Waals surface area contributed by atoms with Crippen molar-refractivity contribution in [2.75, 3.05) is 12.4 Å². The predicted octanol–water partition coefficient (Wildman–Crippen LogP) is 3.33. The number of para-hydroxylation sites is 1. The molecule has 0 aliphatic carbocycles. The number of methoxy groups -OCH3 is 1. The second kappa shape index (κ2) is 8.18. The number of amides is 1. The Hall–Kier alpha value is -3.98. The number of benzene rings is 1. The molecular formula is C21H16N4O4S. The lowest BCUT2D eigenvalue weighted by atomic mass is 10.2. The fourth-order valence-electron chi connectivity index (χ4n) is 2.85. The molecule has 3 heterocycles. The fraction of sp³-hybridized carbons (Fsp3) is 0.0476. The van der Waals surface area contributed by atoms with Gasteiger partial charge in [0.15, 0.2) is 0 Å². The van der Waals surface area contributed by atoms with Crippen molar-refractivity contribution in [1.82, 2.24) is 14.8 Å². The predicted molar refractivity (Wildman–Crippen MR) is 113 cm³/mol. The summed E-state index contributed by atoms with van der Waals surface area (Å²) < 4.78 is 6.27. The lowest BCUT2D eigenvalue weighted by Crippen LogP contribution is -2.21. The molecule has 0 atom stereocenters. The molecule has 0 saturated heterocycles. The van der Waals surface area contributed by atoms with Gasteiger partial charge in [-0.25, -0.2) is 9.48 Å². The SMILES string of the molecule is COC(=O)c1c[nH]c(=O)c(NC(=O)c2cn(-c3ccccc3)nc2-c2cccs2)c1. The normalized spacial score (nSPS) is 10.6. The quantitative estimate of drug-likeness (QED) is 0.482. The molecule has 1 amide bonds. The van der Waals surface area contributed by atoms with E-state index in [0.717, 1.165) is 10.6 Å². The number of anilines is 1. The highest BCUT2D eigenvalue weighted by atomic mass is 32.1. The van der Waals surface area contributed by atoms with Crippen LogP contribution in [0.2, 0.25) is 0 Å². The molecule has 8 nitrogen and oxygen atoms in total. The molecule has 9 heteroatoms. The minimum atomic E-state index is -0.627. The molecular weight excluding hydrogens is 404 g/mol. The molecule has 0 unspecified atom stereocenters. The van der Waals surface area contributed by atoms with Crippen LogP contribution in [0.1, 0.15) is 20.7 Å².